The molecule has 1 aromatic heterocycles. The van der Waals surface area contributed by atoms with Gasteiger partial charge in [-0.1, -0.05) is 0 Å². The van der Waals surface area contributed by atoms with Crippen LogP contribution in [0.2, 0.25) is 0 Å². The maximum absolute atomic E-state index is 9.94. The van der Waals surface area contributed by atoms with E-state index in [4.69, 9.17) is 9.47 Å². The molecular weight excluding hydrogens is 258 g/mol. The number of benzene rings is 1. The third-order valence-electron chi connectivity index (χ3n) is 3.54. The number of hydrogen-bond acceptors (Lipinski definition) is 5. The third-order valence-corrected chi connectivity index (χ3v) is 3.54. The van der Waals surface area contributed by atoms with Crippen LogP contribution >= 0.6 is 0 Å². The average Bonchev–Trinajstić information content (AvgIpc) is 2.99. The molecule has 0 unspecified atom stereocenters. The van der Waals surface area contributed by atoms with Gasteiger partial charge in [-0.25, -0.2) is 0 Å². The highest BCUT2D eigenvalue weighted by atomic mass is 16.7. The summed E-state index contributed by atoms with van der Waals surface area (Å²) in [6.07, 6.45) is 1.85. The Kier molecular flexibility index (Phi) is 3.23. The quantitative estimate of drug-likeness (QED) is 0.884. The topological polar surface area (TPSA) is 68.5 Å². The van der Waals surface area contributed by atoms with E-state index >= 15 is 0 Å². The predicted molar refractivity (Wildman–Crippen MR) is 72.7 cm³/mol. The Morgan fingerprint density at radius 3 is 2.65 bits per heavy atom. The van der Waals surface area contributed by atoms with Gasteiger partial charge < -0.3 is 19.9 Å². The van der Waals surface area contributed by atoms with Gasteiger partial charge in [-0.2, -0.15) is 5.10 Å². The zero-order chi connectivity index (χ0) is 14.1. The van der Waals surface area contributed by atoms with Gasteiger partial charge in [-0.3, -0.25) is 4.68 Å². The molecule has 2 heterocycles. The normalized spacial score (nSPS) is 12.9. The molecule has 106 valence electrons. The minimum atomic E-state index is 0.209. The minimum Gasteiger partial charge on any atom is -0.507 e. The summed E-state index contributed by atoms with van der Waals surface area (Å²) in [6.45, 7) is 3.49. The van der Waals surface area contributed by atoms with Crippen LogP contribution in [0.5, 0.6) is 17.2 Å². The van der Waals surface area contributed by atoms with E-state index in [0.717, 1.165) is 16.8 Å². The van der Waals surface area contributed by atoms with Crippen LogP contribution in [0, 0.1) is 6.92 Å². The van der Waals surface area contributed by atoms with Gasteiger partial charge in [-0.15, -0.1) is 0 Å². The molecular formula is C14H17N3O3. The smallest absolute Gasteiger partial charge is 0.231 e. The van der Waals surface area contributed by atoms with Crippen molar-refractivity contribution >= 4 is 0 Å². The van der Waals surface area contributed by atoms with Crippen LogP contribution in [0.15, 0.2) is 18.3 Å². The summed E-state index contributed by atoms with van der Waals surface area (Å²) in [5.74, 6) is 1.48. The van der Waals surface area contributed by atoms with Crippen LogP contribution in [0.4, 0.5) is 0 Å². The van der Waals surface area contributed by atoms with E-state index in [9.17, 15) is 5.11 Å². The maximum atomic E-state index is 9.94. The molecule has 1 aromatic carbocycles. The van der Waals surface area contributed by atoms with Crippen LogP contribution in [0.25, 0.3) is 0 Å². The molecule has 1 aliphatic rings. The number of nitrogens with one attached hydrogen (secondary N) is 1. The molecule has 3 rings (SSSR count). The van der Waals surface area contributed by atoms with Crippen molar-refractivity contribution < 1.29 is 14.6 Å². The fraction of sp³-hybridized carbons (Fsp3) is 0.357. The molecule has 0 fully saturated rings. The predicted octanol–water partition coefficient (Wildman–Crippen LogP) is 1.45. The van der Waals surface area contributed by atoms with Gasteiger partial charge in [0.2, 0.25) is 6.79 Å². The van der Waals surface area contributed by atoms with E-state index in [1.54, 1.807) is 12.1 Å². The standard InChI is InChI=1S/C14H17N3O3/c1-9-11(7-16-17(9)2)6-15-5-10-3-13-14(4-12(10)18)20-8-19-13/h3-4,7,15,18H,5-6,8H2,1-2H3. The summed E-state index contributed by atoms with van der Waals surface area (Å²) < 4.78 is 12.4. The number of rotatable bonds is 4. The first kappa shape index (κ1) is 12.8. The van der Waals surface area contributed by atoms with Crippen LogP contribution in [0.3, 0.4) is 0 Å². The van der Waals surface area contributed by atoms with Crippen molar-refractivity contribution in [3.63, 3.8) is 0 Å². The van der Waals surface area contributed by atoms with E-state index < -0.39 is 0 Å². The van der Waals surface area contributed by atoms with Gasteiger partial charge in [0.1, 0.15) is 5.75 Å². The van der Waals surface area contributed by atoms with Crippen LogP contribution in [-0.2, 0) is 20.1 Å². The van der Waals surface area contributed by atoms with Crippen LogP contribution in [0.1, 0.15) is 16.8 Å². The summed E-state index contributed by atoms with van der Waals surface area (Å²) in [7, 11) is 1.92. The minimum absolute atomic E-state index is 0.209. The fourth-order valence-corrected chi connectivity index (χ4v) is 2.16. The van der Waals surface area contributed by atoms with Gasteiger partial charge >= 0.3 is 0 Å². The molecule has 2 N–H and O–H groups in total. The Bertz CT molecular complexity index is 637. The number of hydrogen-bond donors (Lipinski definition) is 2. The van der Waals surface area contributed by atoms with Gasteiger partial charge in [0.05, 0.1) is 6.20 Å². The molecule has 6 heteroatoms. The monoisotopic (exact) mass is 275 g/mol. The molecule has 0 bridgehead atoms. The summed E-state index contributed by atoms with van der Waals surface area (Å²) >= 11 is 0. The molecule has 0 saturated carbocycles. The highest BCUT2D eigenvalue weighted by Gasteiger charge is 2.16. The number of nitrogens with zero attached hydrogens (tertiary/aromatic N) is 2. The largest absolute Gasteiger partial charge is 0.507 e. The molecule has 6 nitrogen and oxygen atoms in total. The molecule has 0 aliphatic carbocycles. The number of phenols is 1. The van der Waals surface area contributed by atoms with E-state index in [0.29, 0.717) is 24.6 Å². The number of aryl methyl sites for hydroxylation is 1. The Morgan fingerprint density at radius 2 is 1.95 bits per heavy atom. The molecule has 0 atom stereocenters. The first-order valence-electron chi connectivity index (χ1n) is 6.45. The van der Waals surface area contributed by atoms with Crippen molar-refractivity contribution in [1.29, 1.82) is 0 Å². The average molecular weight is 275 g/mol. The zero-order valence-corrected chi connectivity index (χ0v) is 11.5. The lowest BCUT2D eigenvalue weighted by Gasteiger charge is -2.08. The fourth-order valence-electron chi connectivity index (χ4n) is 2.16. The second kappa shape index (κ2) is 5.05. The number of phenolic OH excluding ortho intramolecular Hbond substituents is 1. The summed E-state index contributed by atoms with van der Waals surface area (Å²) in [4.78, 5) is 0. The van der Waals surface area contributed by atoms with Crippen LogP contribution < -0.4 is 14.8 Å². The van der Waals surface area contributed by atoms with Gasteiger partial charge in [0, 0.05) is 43.0 Å². The van der Waals surface area contributed by atoms with Crippen molar-refractivity contribution in [2.24, 2.45) is 7.05 Å². The third kappa shape index (κ3) is 2.30. The Labute approximate surface area is 116 Å². The molecule has 1 aliphatic heterocycles. The number of aromatic nitrogens is 2. The first-order valence-corrected chi connectivity index (χ1v) is 6.45. The van der Waals surface area contributed by atoms with Crippen molar-refractivity contribution in [3.05, 3.63) is 35.2 Å². The van der Waals surface area contributed by atoms with Gasteiger partial charge in [-0.05, 0) is 13.0 Å². The molecule has 0 radical (unpaired) electrons. The Hall–Kier alpha value is -2.21. The molecule has 0 amide bonds. The zero-order valence-electron chi connectivity index (χ0n) is 11.5. The lowest BCUT2D eigenvalue weighted by molar-refractivity contribution is 0.174. The summed E-state index contributed by atoms with van der Waals surface area (Å²) in [6, 6.07) is 3.40. The molecule has 20 heavy (non-hydrogen) atoms. The van der Waals surface area contributed by atoms with E-state index in [1.165, 1.54) is 0 Å². The van der Waals surface area contributed by atoms with Crippen molar-refractivity contribution in [2.75, 3.05) is 6.79 Å². The first-order chi connectivity index (χ1) is 9.65. The molecule has 2 aromatic rings. The van der Waals surface area contributed by atoms with E-state index in [-0.39, 0.29) is 12.5 Å². The Morgan fingerprint density at radius 1 is 1.25 bits per heavy atom. The van der Waals surface area contributed by atoms with E-state index in [2.05, 4.69) is 10.4 Å². The van der Waals surface area contributed by atoms with Crippen molar-refractivity contribution in [3.8, 4) is 17.2 Å². The highest BCUT2D eigenvalue weighted by molar-refractivity contribution is 5.51. The summed E-state index contributed by atoms with van der Waals surface area (Å²) in [5, 5.41) is 17.4. The number of aromatic hydroxyl groups is 1. The lowest BCUT2D eigenvalue weighted by atomic mass is 10.1. The lowest BCUT2D eigenvalue weighted by Crippen LogP contribution is -2.13. The molecule has 0 spiro atoms. The Balaban J connectivity index is 1.65. The van der Waals surface area contributed by atoms with Crippen molar-refractivity contribution in [1.82, 2.24) is 15.1 Å². The number of fused-ring (bicyclic) bond motifs is 1. The molecule has 0 saturated heterocycles. The second-order valence-electron chi connectivity index (χ2n) is 4.82. The van der Waals surface area contributed by atoms with Crippen molar-refractivity contribution in [2.45, 2.75) is 20.0 Å². The second-order valence-corrected chi connectivity index (χ2v) is 4.82. The van der Waals surface area contributed by atoms with E-state index in [1.807, 2.05) is 24.9 Å². The SMILES string of the molecule is Cc1c(CNCc2cc3c(cc2O)OCO3)cnn1C. The van der Waals surface area contributed by atoms with Gasteiger partial charge in [0.25, 0.3) is 0 Å². The number of ether oxygens (including phenoxy) is 2. The van der Waals surface area contributed by atoms with Gasteiger partial charge in [0.15, 0.2) is 11.5 Å². The highest BCUT2D eigenvalue weighted by Crippen LogP contribution is 2.37. The summed E-state index contributed by atoms with van der Waals surface area (Å²) in [5.41, 5.74) is 3.07. The van der Waals surface area contributed by atoms with Crippen LogP contribution in [-0.4, -0.2) is 21.7 Å². The maximum Gasteiger partial charge on any atom is 0.231 e.